The average Bonchev–Trinajstić information content (AvgIpc) is 2.87. The van der Waals surface area contributed by atoms with Gasteiger partial charge in [-0.15, -0.1) is 0 Å². The molecule has 0 bridgehead atoms. The molecule has 15 heavy (non-hydrogen) atoms. The molecule has 1 saturated heterocycles. The minimum Gasteiger partial charge on any atom is -0.468 e. The molecule has 2 rings (SSSR count). The van der Waals surface area contributed by atoms with Gasteiger partial charge in [-0.1, -0.05) is 0 Å². The van der Waals surface area contributed by atoms with Gasteiger partial charge in [0.1, 0.15) is 5.76 Å². The fourth-order valence-corrected chi connectivity index (χ4v) is 2.06. The highest BCUT2D eigenvalue weighted by molar-refractivity contribution is 5.16. The summed E-state index contributed by atoms with van der Waals surface area (Å²) in [6.07, 6.45) is 3.21. The molecule has 0 radical (unpaired) electrons. The monoisotopic (exact) mass is 210 g/mol. The van der Waals surface area contributed by atoms with E-state index in [0.29, 0.717) is 12.6 Å². The summed E-state index contributed by atoms with van der Waals surface area (Å²) in [5, 5.41) is 0. The van der Waals surface area contributed by atoms with Gasteiger partial charge in [-0.2, -0.15) is 0 Å². The van der Waals surface area contributed by atoms with E-state index in [-0.39, 0.29) is 0 Å². The average molecular weight is 210 g/mol. The van der Waals surface area contributed by atoms with Gasteiger partial charge in [0.15, 0.2) is 0 Å². The molecule has 1 aromatic heterocycles. The molecule has 0 aliphatic carbocycles. The van der Waals surface area contributed by atoms with Crippen LogP contribution in [-0.2, 0) is 17.8 Å². The van der Waals surface area contributed by atoms with Crippen LogP contribution >= 0.6 is 0 Å². The fourth-order valence-electron chi connectivity index (χ4n) is 2.06. The number of ether oxygens (including phenoxy) is 1. The van der Waals surface area contributed by atoms with E-state index in [1.165, 1.54) is 5.56 Å². The van der Waals surface area contributed by atoms with E-state index in [4.69, 9.17) is 14.9 Å². The van der Waals surface area contributed by atoms with Crippen LogP contribution in [0.15, 0.2) is 16.7 Å². The van der Waals surface area contributed by atoms with Crippen LogP contribution in [0.5, 0.6) is 0 Å². The van der Waals surface area contributed by atoms with Crippen molar-refractivity contribution in [1.29, 1.82) is 0 Å². The first-order chi connectivity index (χ1) is 7.33. The van der Waals surface area contributed by atoms with Crippen LogP contribution in [0.1, 0.15) is 17.7 Å². The Balaban J connectivity index is 1.92. The fraction of sp³-hybridized carbons (Fsp3) is 0.636. The first-order valence-corrected chi connectivity index (χ1v) is 5.34. The lowest BCUT2D eigenvalue weighted by molar-refractivity contribution is 0.107. The summed E-state index contributed by atoms with van der Waals surface area (Å²) < 4.78 is 10.6. The molecular weight excluding hydrogens is 192 g/mol. The van der Waals surface area contributed by atoms with E-state index in [1.54, 1.807) is 13.4 Å². The van der Waals surface area contributed by atoms with Crippen molar-refractivity contribution in [2.45, 2.75) is 25.6 Å². The summed E-state index contributed by atoms with van der Waals surface area (Å²) in [6.45, 7) is 3.49. The maximum atomic E-state index is 5.59. The normalized spacial score (nSPS) is 22.4. The lowest BCUT2D eigenvalue weighted by Gasteiger charge is -2.14. The molecule has 1 unspecified atom stereocenters. The second-order valence-corrected chi connectivity index (χ2v) is 3.95. The zero-order valence-electron chi connectivity index (χ0n) is 9.11. The Kier molecular flexibility index (Phi) is 3.41. The van der Waals surface area contributed by atoms with E-state index < -0.39 is 0 Å². The number of methoxy groups -OCH3 is 1. The lowest BCUT2D eigenvalue weighted by Crippen LogP contribution is -2.22. The number of hydrogen-bond donors (Lipinski definition) is 1. The van der Waals surface area contributed by atoms with Crippen LogP contribution in [0.2, 0.25) is 0 Å². The quantitative estimate of drug-likeness (QED) is 0.804. The molecule has 0 aromatic carbocycles. The van der Waals surface area contributed by atoms with Gasteiger partial charge in [-0.3, -0.25) is 4.90 Å². The van der Waals surface area contributed by atoms with Crippen LogP contribution < -0.4 is 5.73 Å². The van der Waals surface area contributed by atoms with Crippen LogP contribution in [0.4, 0.5) is 0 Å². The largest absolute Gasteiger partial charge is 0.468 e. The van der Waals surface area contributed by atoms with Crippen molar-refractivity contribution in [1.82, 2.24) is 4.90 Å². The SMILES string of the molecule is COC1CCN(Cc2ccoc2CN)C1. The maximum absolute atomic E-state index is 5.59. The van der Waals surface area contributed by atoms with Crippen molar-refractivity contribution in [2.24, 2.45) is 5.73 Å². The minimum atomic E-state index is 0.387. The van der Waals surface area contributed by atoms with E-state index in [2.05, 4.69) is 4.90 Å². The van der Waals surface area contributed by atoms with Gasteiger partial charge in [-0.25, -0.2) is 0 Å². The summed E-state index contributed by atoms with van der Waals surface area (Å²) in [4.78, 5) is 2.37. The van der Waals surface area contributed by atoms with Gasteiger partial charge in [0.05, 0.1) is 18.9 Å². The van der Waals surface area contributed by atoms with Crippen molar-refractivity contribution in [2.75, 3.05) is 20.2 Å². The molecule has 84 valence electrons. The minimum absolute atomic E-state index is 0.387. The molecule has 0 spiro atoms. The Bertz CT molecular complexity index is 311. The molecule has 2 heterocycles. The summed E-state index contributed by atoms with van der Waals surface area (Å²) in [5.74, 6) is 0.899. The third-order valence-electron chi connectivity index (χ3n) is 2.98. The van der Waals surface area contributed by atoms with Gasteiger partial charge < -0.3 is 14.9 Å². The summed E-state index contributed by atoms with van der Waals surface area (Å²) in [5.41, 5.74) is 6.79. The molecule has 0 saturated carbocycles. The topological polar surface area (TPSA) is 51.6 Å². The second-order valence-electron chi connectivity index (χ2n) is 3.95. The van der Waals surface area contributed by atoms with Crippen molar-refractivity contribution >= 4 is 0 Å². The van der Waals surface area contributed by atoms with Gasteiger partial charge >= 0.3 is 0 Å². The number of rotatable bonds is 4. The predicted octanol–water partition coefficient (Wildman–Crippen LogP) is 0.959. The highest BCUT2D eigenvalue weighted by Gasteiger charge is 2.22. The second kappa shape index (κ2) is 4.79. The van der Waals surface area contributed by atoms with Gasteiger partial charge in [-0.05, 0) is 12.5 Å². The molecule has 4 heteroatoms. The zero-order valence-corrected chi connectivity index (χ0v) is 9.11. The lowest BCUT2D eigenvalue weighted by atomic mass is 10.2. The van der Waals surface area contributed by atoms with E-state index in [9.17, 15) is 0 Å². The van der Waals surface area contributed by atoms with Gasteiger partial charge in [0.25, 0.3) is 0 Å². The molecule has 1 aliphatic rings. The van der Waals surface area contributed by atoms with Gasteiger partial charge in [0, 0.05) is 32.3 Å². The van der Waals surface area contributed by atoms with Crippen molar-refractivity contribution < 1.29 is 9.15 Å². The third kappa shape index (κ3) is 2.40. The molecule has 1 fully saturated rings. The Morgan fingerprint density at radius 2 is 2.53 bits per heavy atom. The third-order valence-corrected chi connectivity index (χ3v) is 2.98. The van der Waals surface area contributed by atoms with E-state index in [1.807, 2.05) is 6.07 Å². The van der Waals surface area contributed by atoms with Crippen molar-refractivity contribution in [3.63, 3.8) is 0 Å². The Hall–Kier alpha value is -0.840. The Labute approximate surface area is 90.0 Å². The zero-order chi connectivity index (χ0) is 10.7. The summed E-state index contributed by atoms with van der Waals surface area (Å²) >= 11 is 0. The van der Waals surface area contributed by atoms with E-state index in [0.717, 1.165) is 31.8 Å². The van der Waals surface area contributed by atoms with Crippen LogP contribution in [-0.4, -0.2) is 31.2 Å². The molecule has 1 aromatic rings. The van der Waals surface area contributed by atoms with Crippen molar-refractivity contribution in [3.05, 3.63) is 23.7 Å². The smallest absolute Gasteiger partial charge is 0.121 e. The number of hydrogen-bond acceptors (Lipinski definition) is 4. The highest BCUT2D eigenvalue weighted by atomic mass is 16.5. The maximum Gasteiger partial charge on any atom is 0.121 e. The van der Waals surface area contributed by atoms with Crippen LogP contribution in [0, 0.1) is 0 Å². The molecule has 0 amide bonds. The van der Waals surface area contributed by atoms with Crippen molar-refractivity contribution in [3.8, 4) is 0 Å². The van der Waals surface area contributed by atoms with Crippen LogP contribution in [0.3, 0.4) is 0 Å². The highest BCUT2D eigenvalue weighted by Crippen LogP contribution is 2.18. The molecule has 1 atom stereocenters. The molecule has 4 nitrogen and oxygen atoms in total. The van der Waals surface area contributed by atoms with Gasteiger partial charge in [0.2, 0.25) is 0 Å². The summed E-state index contributed by atoms with van der Waals surface area (Å²) in [7, 11) is 1.78. The number of nitrogens with zero attached hydrogens (tertiary/aromatic N) is 1. The summed E-state index contributed by atoms with van der Waals surface area (Å²) in [6, 6.07) is 2.00. The molecule has 1 aliphatic heterocycles. The first kappa shape index (κ1) is 10.7. The number of likely N-dealkylation sites (tertiary alicyclic amines) is 1. The van der Waals surface area contributed by atoms with E-state index >= 15 is 0 Å². The predicted molar refractivity (Wildman–Crippen MR) is 57.3 cm³/mol. The number of furan rings is 1. The standard InChI is InChI=1S/C11H18N2O2/c1-14-10-2-4-13(8-10)7-9-3-5-15-11(9)6-12/h3,5,10H,2,4,6-8,12H2,1H3. The van der Waals surface area contributed by atoms with Crippen LogP contribution in [0.25, 0.3) is 0 Å². The molecular formula is C11H18N2O2. The number of nitrogens with two attached hydrogens (primary N) is 1. The Morgan fingerprint density at radius 3 is 3.20 bits per heavy atom. The Morgan fingerprint density at radius 1 is 1.67 bits per heavy atom. The molecule has 2 N–H and O–H groups in total. The first-order valence-electron chi connectivity index (χ1n) is 5.34.